The largest absolute Gasteiger partial charge is 0.240 e. The monoisotopic (exact) mass is 329 g/mol. The zero-order valence-corrected chi connectivity index (χ0v) is 14.7. The number of hydrogen-bond donors (Lipinski definition) is 1. The lowest BCUT2D eigenvalue weighted by Gasteiger charge is -2.19. The Morgan fingerprint density at radius 2 is 1.61 bits per heavy atom. The minimum atomic E-state index is -3.38. The van der Waals surface area contributed by atoms with Crippen LogP contribution in [0.4, 0.5) is 0 Å². The number of hydrogen-bond acceptors (Lipinski definition) is 2. The van der Waals surface area contributed by atoms with Crippen LogP contribution >= 0.6 is 0 Å². The Bertz CT molecular complexity index is 798. The van der Waals surface area contributed by atoms with Crippen LogP contribution in [0.3, 0.4) is 0 Å². The molecule has 1 fully saturated rings. The number of rotatable bonds is 4. The first-order chi connectivity index (χ1) is 10.8. The molecule has 0 heterocycles. The predicted molar refractivity (Wildman–Crippen MR) is 93.9 cm³/mol. The molecule has 0 atom stereocenters. The van der Waals surface area contributed by atoms with Gasteiger partial charge < -0.3 is 0 Å². The average molecular weight is 329 g/mol. The summed E-state index contributed by atoms with van der Waals surface area (Å²) < 4.78 is 27.1. The lowest BCUT2D eigenvalue weighted by molar-refractivity contribution is 0.581. The lowest BCUT2D eigenvalue weighted by atomic mass is 9.85. The maximum atomic E-state index is 12.2. The Morgan fingerprint density at radius 1 is 0.957 bits per heavy atom. The van der Waals surface area contributed by atoms with Gasteiger partial charge in [0.2, 0.25) is 10.0 Å². The van der Waals surface area contributed by atoms with E-state index in [0.29, 0.717) is 4.90 Å². The maximum Gasteiger partial charge on any atom is 0.240 e. The van der Waals surface area contributed by atoms with E-state index in [1.165, 1.54) is 5.56 Å². The first-order valence-corrected chi connectivity index (χ1v) is 9.47. The molecule has 1 saturated carbocycles. The molecule has 0 aliphatic heterocycles. The molecular weight excluding hydrogens is 306 g/mol. The van der Waals surface area contributed by atoms with Gasteiger partial charge in [-0.25, -0.2) is 13.1 Å². The van der Waals surface area contributed by atoms with Gasteiger partial charge in [-0.15, -0.1) is 0 Å². The summed E-state index contributed by atoms with van der Waals surface area (Å²) in [6.07, 6.45) is 1.88. The summed E-state index contributed by atoms with van der Waals surface area (Å²) in [6, 6.07) is 15.7. The summed E-state index contributed by atoms with van der Waals surface area (Å²) in [6.45, 7) is 6.56. The molecule has 0 unspecified atom stereocenters. The van der Waals surface area contributed by atoms with Crippen LogP contribution in [0.5, 0.6) is 0 Å². The molecule has 1 aliphatic rings. The second-order valence-corrected chi connectivity index (χ2v) is 8.96. The second-order valence-electron chi connectivity index (χ2n) is 7.25. The van der Waals surface area contributed by atoms with Crippen LogP contribution in [-0.2, 0) is 15.4 Å². The topological polar surface area (TPSA) is 46.2 Å². The molecule has 0 amide bonds. The predicted octanol–water partition coefficient (Wildman–Crippen LogP) is 4.09. The van der Waals surface area contributed by atoms with Gasteiger partial charge in [0.15, 0.2) is 0 Å². The van der Waals surface area contributed by atoms with Crippen molar-refractivity contribution in [3.63, 3.8) is 0 Å². The van der Waals surface area contributed by atoms with Crippen molar-refractivity contribution >= 4 is 10.0 Å². The fourth-order valence-electron chi connectivity index (χ4n) is 2.48. The number of benzene rings is 2. The van der Waals surface area contributed by atoms with E-state index in [1.54, 1.807) is 12.1 Å². The summed E-state index contributed by atoms with van der Waals surface area (Å²) in [5.74, 6) is 0. The van der Waals surface area contributed by atoms with E-state index in [-0.39, 0.29) is 11.5 Å². The molecule has 4 heteroatoms. The molecule has 3 rings (SSSR count). The molecule has 0 radical (unpaired) electrons. The zero-order valence-electron chi connectivity index (χ0n) is 13.8. The SMILES string of the molecule is CC(C)(C)c1cccc(-c2ccc(S(=O)(=O)NC3CC3)cc2)c1. The van der Waals surface area contributed by atoms with Gasteiger partial charge >= 0.3 is 0 Å². The fraction of sp³-hybridized carbons (Fsp3) is 0.368. The molecule has 0 bridgehead atoms. The van der Waals surface area contributed by atoms with Gasteiger partial charge in [0, 0.05) is 6.04 Å². The highest BCUT2D eigenvalue weighted by molar-refractivity contribution is 7.89. The lowest BCUT2D eigenvalue weighted by Crippen LogP contribution is -2.25. The van der Waals surface area contributed by atoms with Gasteiger partial charge in [-0.05, 0) is 47.1 Å². The normalized spacial score (nSPS) is 15.6. The number of nitrogens with one attached hydrogen (secondary N) is 1. The van der Waals surface area contributed by atoms with E-state index >= 15 is 0 Å². The Hall–Kier alpha value is -1.65. The molecule has 23 heavy (non-hydrogen) atoms. The van der Waals surface area contributed by atoms with Crippen LogP contribution in [0, 0.1) is 0 Å². The Balaban J connectivity index is 1.87. The smallest absolute Gasteiger partial charge is 0.208 e. The van der Waals surface area contributed by atoms with Gasteiger partial charge in [0.05, 0.1) is 4.90 Å². The van der Waals surface area contributed by atoms with Crippen molar-refractivity contribution in [3.8, 4) is 11.1 Å². The molecule has 0 spiro atoms. The molecule has 0 saturated heterocycles. The van der Waals surface area contributed by atoms with Gasteiger partial charge in [-0.2, -0.15) is 0 Å². The third kappa shape index (κ3) is 3.82. The van der Waals surface area contributed by atoms with Crippen LogP contribution in [-0.4, -0.2) is 14.5 Å². The van der Waals surface area contributed by atoms with Crippen molar-refractivity contribution < 1.29 is 8.42 Å². The molecule has 122 valence electrons. The van der Waals surface area contributed by atoms with Crippen LogP contribution in [0.15, 0.2) is 53.4 Å². The third-order valence-electron chi connectivity index (χ3n) is 4.13. The molecule has 1 aliphatic carbocycles. The fourth-order valence-corrected chi connectivity index (χ4v) is 3.79. The third-order valence-corrected chi connectivity index (χ3v) is 5.66. The van der Waals surface area contributed by atoms with E-state index in [2.05, 4.69) is 49.8 Å². The van der Waals surface area contributed by atoms with Crippen LogP contribution in [0.2, 0.25) is 0 Å². The van der Waals surface area contributed by atoms with Gasteiger partial charge in [0.1, 0.15) is 0 Å². The van der Waals surface area contributed by atoms with Crippen molar-refractivity contribution in [3.05, 3.63) is 54.1 Å². The highest BCUT2D eigenvalue weighted by Gasteiger charge is 2.27. The van der Waals surface area contributed by atoms with Crippen molar-refractivity contribution in [2.24, 2.45) is 0 Å². The van der Waals surface area contributed by atoms with Crippen molar-refractivity contribution in [2.75, 3.05) is 0 Å². The van der Waals surface area contributed by atoms with E-state index in [0.717, 1.165) is 24.0 Å². The van der Waals surface area contributed by atoms with Crippen LogP contribution < -0.4 is 4.72 Å². The van der Waals surface area contributed by atoms with Crippen LogP contribution in [0.25, 0.3) is 11.1 Å². The zero-order chi connectivity index (χ0) is 16.7. The minimum absolute atomic E-state index is 0.0907. The summed E-state index contributed by atoms with van der Waals surface area (Å²) in [5, 5.41) is 0. The average Bonchev–Trinajstić information content (AvgIpc) is 3.30. The van der Waals surface area contributed by atoms with E-state index in [4.69, 9.17) is 0 Å². The first-order valence-electron chi connectivity index (χ1n) is 7.99. The summed E-state index contributed by atoms with van der Waals surface area (Å²) in [5.41, 5.74) is 3.49. The summed E-state index contributed by atoms with van der Waals surface area (Å²) in [4.78, 5) is 0.333. The molecule has 1 N–H and O–H groups in total. The van der Waals surface area contributed by atoms with Crippen molar-refractivity contribution in [2.45, 2.75) is 50.0 Å². The quantitative estimate of drug-likeness (QED) is 0.918. The Labute approximate surface area is 138 Å². The molecule has 3 nitrogen and oxygen atoms in total. The van der Waals surface area contributed by atoms with E-state index in [1.807, 2.05) is 12.1 Å². The second kappa shape index (κ2) is 5.77. The highest BCUT2D eigenvalue weighted by atomic mass is 32.2. The molecule has 2 aromatic rings. The number of sulfonamides is 1. The van der Waals surface area contributed by atoms with Crippen molar-refractivity contribution in [1.82, 2.24) is 4.72 Å². The molecule has 0 aromatic heterocycles. The molecule has 2 aromatic carbocycles. The Kier molecular flexibility index (Phi) is 4.07. The summed E-state index contributed by atoms with van der Waals surface area (Å²) >= 11 is 0. The highest BCUT2D eigenvalue weighted by Crippen LogP contribution is 2.28. The van der Waals surface area contributed by atoms with Gasteiger partial charge in [-0.3, -0.25) is 0 Å². The van der Waals surface area contributed by atoms with Gasteiger partial charge in [-0.1, -0.05) is 57.2 Å². The van der Waals surface area contributed by atoms with E-state index in [9.17, 15) is 8.42 Å². The first kappa shape index (κ1) is 16.2. The van der Waals surface area contributed by atoms with Crippen molar-refractivity contribution in [1.29, 1.82) is 0 Å². The van der Waals surface area contributed by atoms with Crippen LogP contribution in [0.1, 0.15) is 39.2 Å². The summed E-state index contributed by atoms with van der Waals surface area (Å²) in [7, 11) is -3.38. The Morgan fingerprint density at radius 3 is 2.17 bits per heavy atom. The van der Waals surface area contributed by atoms with E-state index < -0.39 is 10.0 Å². The minimum Gasteiger partial charge on any atom is -0.208 e. The van der Waals surface area contributed by atoms with Gasteiger partial charge in [0.25, 0.3) is 0 Å². The maximum absolute atomic E-state index is 12.2. The molecular formula is C19H23NO2S. The standard InChI is InChI=1S/C19H23NO2S/c1-19(2,3)16-6-4-5-15(13-16)14-7-11-18(12-8-14)23(21,22)20-17-9-10-17/h4-8,11-13,17,20H,9-10H2,1-3H3.